The Morgan fingerprint density at radius 3 is 2.50 bits per heavy atom. The third kappa shape index (κ3) is 3.86. The van der Waals surface area contributed by atoms with Gasteiger partial charge in [-0.25, -0.2) is 0 Å². The number of piperazine rings is 1. The number of nitro groups is 1. The van der Waals surface area contributed by atoms with Gasteiger partial charge in [-0.2, -0.15) is 5.10 Å². The van der Waals surface area contributed by atoms with E-state index < -0.39 is 4.92 Å². The molecule has 0 spiro atoms. The van der Waals surface area contributed by atoms with Crippen LogP contribution in [0.1, 0.15) is 15.9 Å². The topological polar surface area (TPSA) is 95.4 Å². The number of carbonyl (C=O) groups is 1. The minimum absolute atomic E-state index is 0.00132. The average molecular weight is 426 g/mol. The minimum Gasteiger partial charge on any atom is -0.368 e. The highest BCUT2D eigenvalue weighted by molar-refractivity contribution is 6.30. The molecule has 1 aromatic heterocycles. The predicted octanol–water partition coefficient (Wildman–Crippen LogP) is 3.91. The molecule has 0 unspecified atom stereocenters. The Morgan fingerprint density at radius 2 is 1.83 bits per heavy atom. The smallest absolute Gasteiger partial charge is 0.269 e. The van der Waals surface area contributed by atoms with E-state index in [0.29, 0.717) is 48.0 Å². The normalized spacial score (nSPS) is 14.1. The van der Waals surface area contributed by atoms with Crippen molar-refractivity contribution in [2.45, 2.75) is 6.92 Å². The van der Waals surface area contributed by atoms with Gasteiger partial charge in [-0.15, -0.1) is 0 Å². The van der Waals surface area contributed by atoms with Crippen LogP contribution in [0.2, 0.25) is 5.02 Å². The average Bonchev–Trinajstić information content (AvgIpc) is 3.25. The molecule has 0 atom stereocenters. The van der Waals surface area contributed by atoms with Gasteiger partial charge in [0.05, 0.1) is 22.4 Å². The number of nitro benzene ring substituents is 1. The standard InChI is InChI=1S/C21H20ClN5O3/c1-14-2-5-16(22)12-19(14)25-8-10-26(11-9-25)21(28)18-13-23-24-20(18)15-3-6-17(7-4-15)27(29)30/h2-7,12-13H,8-11H2,1H3,(H,23,24). The van der Waals surface area contributed by atoms with Gasteiger partial charge in [0, 0.05) is 54.6 Å². The Labute approximate surface area is 178 Å². The highest BCUT2D eigenvalue weighted by Gasteiger charge is 2.26. The molecule has 8 nitrogen and oxygen atoms in total. The summed E-state index contributed by atoms with van der Waals surface area (Å²) in [5.41, 5.74) is 3.92. The van der Waals surface area contributed by atoms with Crippen LogP contribution >= 0.6 is 11.6 Å². The van der Waals surface area contributed by atoms with Crippen molar-refractivity contribution < 1.29 is 9.72 Å². The van der Waals surface area contributed by atoms with Gasteiger partial charge < -0.3 is 9.80 Å². The molecule has 30 heavy (non-hydrogen) atoms. The van der Waals surface area contributed by atoms with Gasteiger partial charge in [-0.3, -0.25) is 20.0 Å². The molecule has 1 amide bonds. The van der Waals surface area contributed by atoms with E-state index in [9.17, 15) is 14.9 Å². The fourth-order valence-corrected chi connectivity index (χ4v) is 3.83. The van der Waals surface area contributed by atoms with Crippen molar-refractivity contribution in [3.8, 4) is 11.3 Å². The van der Waals surface area contributed by atoms with Gasteiger partial charge in [0.1, 0.15) is 0 Å². The number of H-pyrrole nitrogens is 1. The van der Waals surface area contributed by atoms with E-state index in [0.717, 1.165) is 11.3 Å². The Hall–Kier alpha value is -3.39. The number of benzene rings is 2. The highest BCUT2D eigenvalue weighted by Crippen LogP contribution is 2.27. The maximum atomic E-state index is 13.1. The third-order valence-electron chi connectivity index (χ3n) is 5.32. The number of nitrogens with one attached hydrogen (secondary N) is 1. The fraction of sp³-hybridized carbons (Fsp3) is 0.238. The molecule has 9 heteroatoms. The van der Waals surface area contributed by atoms with E-state index in [4.69, 9.17) is 11.6 Å². The van der Waals surface area contributed by atoms with Crippen LogP contribution in [0.15, 0.2) is 48.7 Å². The number of aromatic amines is 1. The van der Waals surface area contributed by atoms with Crippen molar-refractivity contribution in [2.75, 3.05) is 31.1 Å². The third-order valence-corrected chi connectivity index (χ3v) is 5.55. The number of aromatic nitrogens is 2. The summed E-state index contributed by atoms with van der Waals surface area (Å²) in [6, 6.07) is 11.9. The van der Waals surface area contributed by atoms with Gasteiger partial charge >= 0.3 is 0 Å². The number of anilines is 1. The Morgan fingerprint density at radius 1 is 1.13 bits per heavy atom. The molecule has 2 heterocycles. The summed E-state index contributed by atoms with van der Waals surface area (Å²) in [7, 11) is 0. The zero-order valence-corrected chi connectivity index (χ0v) is 17.1. The number of nitrogens with zero attached hydrogens (tertiary/aromatic N) is 4. The van der Waals surface area contributed by atoms with Crippen LogP contribution in [-0.4, -0.2) is 52.1 Å². The van der Waals surface area contributed by atoms with E-state index in [-0.39, 0.29) is 11.6 Å². The van der Waals surface area contributed by atoms with E-state index in [1.54, 1.807) is 17.0 Å². The van der Waals surface area contributed by atoms with Crippen LogP contribution in [0.5, 0.6) is 0 Å². The second-order valence-corrected chi connectivity index (χ2v) is 7.61. The van der Waals surface area contributed by atoms with Crippen LogP contribution in [-0.2, 0) is 0 Å². The first-order chi connectivity index (χ1) is 14.4. The molecule has 1 N–H and O–H groups in total. The molecule has 3 aromatic rings. The van der Waals surface area contributed by atoms with E-state index in [1.807, 2.05) is 25.1 Å². The summed E-state index contributed by atoms with van der Waals surface area (Å²) in [5, 5.41) is 18.4. The summed E-state index contributed by atoms with van der Waals surface area (Å²) in [6.45, 7) is 4.62. The summed E-state index contributed by atoms with van der Waals surface area (Å²) < 4.78 is 0. The lowest BCUT2D eigenvalue weighted by atomic mass is 10.1. The van der Waals surface area contributed by atoms with Crippen molar-refractivity contribution in [3.05, 3.63) is 74.9 Å². The summed E-state index contributed by atoms with van der Waals surface area (Å²) >= 11 is 6.15. The van der Waals surface area contributed by atoms with Crippen LogP contribution < -0.4 is 4.90 Å². The first-order valence-electron chi connectivity index (χ1n) is 9.52. The number of amides is 1. The summed E-state index contributed by atoms with van der Waals surface area (Å²) in [5.74, 6) is -0.112. The molecule has 0 bridgehead atoms. The Bertz CT molecular complexity index is 1090. The molecule has 2 aromatic carbocycles. The van der Waals surface area contributed by atoms with Gasteiger partial charge in [0.2, 0.25) is 0 Å². The molecule has 4 rings (SSSR count). The fourth-order valence-electron chi connectivity index (χ4n) is 3.66. The van der Waals surface area contributed by atoms with Crippen molar-refractivity contribution in [3.63, 3.8) is 0 Å². The van der Waals surface area contributed by atoms with E-state index >= 15 is 0 Å². The molecular weight excluding hydrogens is 406 g/mol. The first kappa shape index (κ1) is 19.9. The van der Waals surface area contributed by atoms with E-state index in [2.05, 4.69) is 15.1 Å². The molecule has 1 aliphatic heterocycles. The maximum absolute atomic E-state index is 13.1. The number of hydrogen-bond acceptors (Lipinski definition) is 5. The number of hydrogen-bond donors (Lipinski definition) is 1. The van der Waals surface area contributed by atoms with Crippen LogP contribution in [0.3, 0.4) is 0 Å². The zero-order chi connectivity index (χ0) is 21.3. The summed E-state index contributed by atoms with van der Waals surface area (Å²) in [4.78, 5) is 27.6. The summed E-state index contributed by atoms with van der Waals surface area (Å²) in [6.07, 6.45) is 1.51. The minimum atomic E-state index is -0.454. The Kier molecular flexibility index (Phi) is 5.41. The number of halogens is 1. The lowest BCUT2D eigenvalue weighted by Crippen LogP contribution is -2.49. The van der Waals surface area contributed by atoms with E-state index in [1.165, 1.54) is 18.3 Å². The molecule has 1 saturated heterocycles. The van der Waals surface area contributed by atoms with Crippen molar-refractivity contribution in [1.29, 1.82) is 0 Å². The van der Waals surface area contributed by atoms with Crippen molar-refractivity contribution >= 4 is 28.9 Å². The Balaban J connectivity index is 1.48. The van der Waals surface area contributed by atoms with Crippen LogP contribution in [0.4, 0.5) is 11.4 Å². The van der Waals surface area contributed by atoms with Gasteiger partial charge in [-0.05, 0) is 36.8 Å². The molecule has 0 aliphatic carbocycles. The first-order valence-corrected chi connectivity index (χ1v) is 9.90. The molecule has 1 aliphatic rings. The van der Waals surface area contributed by atoms with Gasteiger partial charge in [-0.1, -0.05) is 17.7 Å². The number of carbonyl (C=O) groups excluding carboxylic acids is 1. The van der Waals surface area contributed by atoms with Crippen LogP contribution in [0, 0.1) is 17.0 Å². The molecule has 0 saturated carbocycles. The van der Waals surface area contributed by atoms with Crippen LogP contribution in [0.25, 0.3) is 11.3 Å². The lowest BCUT2D eigenvalue weighted by molar-refractivity contribution is -0.384. The second kappa shape index (κ2) is 8.16. The monoisotopic (exact) mass is 425 g/mol. The molecule has 154 valence electrons. The van der Waals surface area contributed by atoms with Crippen molar-refractivity contribution in [2.24, 2.45) is 0 Å². The highest BCUT2D eigenvalue weighted by atomic mass is 35.5. The molecular formula is C21H20ClN5O3. The number of rotatable bonds is 4. The maximum Gasteiger partial charge on any atom is 0.269 e. The van der Waals surface area contributed by atoms with Gasteiger partial charge in [0.15, 0.2) is 0 Å². The number of non-ortho nitro benzene ring substituents is 1. The SMILES string of the molecule is Cc1ccc(Cl)cc1N1CCN(C(=O)c2cn[nH]c2-c2ccc([N+](=O)[O-])cc2)CC1. The molecule has 1 fully saturated rings. The quantitative estimate of drug-likeness (QED) is 0.505. The second-order valence-electron chi connectivity index (χ2n) is 7.17. The predicted molar refractivity (Wildman–Crippen MR) is 115 cm³/mol. The zero-order valence-electron chi connectivity index (χ0n) is 16.3. The molecule has 0 radical (unpaired) electrons. The van der Waals surface area contributed by atoms with Gasteiger partial charge in [0.25, 0.3) is 11.6 Å². The lowest BCUT2D eigenvalue weighted by Gasteiger charge is -2.36. The van der Waals surface area contributed by atoms with Crippen molar-refractivity contribution in [1.82, 2.24) is 15.1 Å². The number of aryl methyl sites for hydroxylation is 1. The largest absolute Gasteiger partial charge is 0.368 e.